The van der Waals surface area contributed by atoms with E-state index in [1.807, 2.05) is 0 Å². The van der Waals surface area contributed by atoms with Crippen LogP contribution in [0.25, 0.3) is 0 Å². The molecule has 6 rings (SSSR count). The lowest BCUT2D eigenvalue weighted by Gasteiger charge is -2.51. The zero-order valence-corrected chi connectivity index (χ0v) is 37.7. The van der Waals surface area contributed by atoms with E-state index in [-0.39, 0.29) is 11.0 Å². The Morgan fingerprint density at radius 1 is 1.06 bits per heavy atom. The van der Waals surface area contributed by atoms with Crippen LogP contribution in [-0.2, 0) is 0 Å². The van der Waals surface area contributed by atoms with Crippen molar-refractivity contribution in [3.8, 4) is 0 Å². The van der Waals surface area contributed by atoms with E-state index in [1.54, 1.807) is 21.9 Å². The van der Waals surface area contributed by atoms with E-state index in [0.717, 1.165) is 37.9 Å². The second-order valence-electron chi connectivity index (χ2n) is 20.2. The zero-order chi connectivity index (χ0) is 39.5. The summed E-state index contributed by atoms with van der Waals surface area (Å²) >= 11 is 0. The molecule has 0 saturated heterocycles. The molecule has 1 fully saturated rings. The van der Waals surface area contributed by atoms with E-state index < -0.39 is 8.07 Å². The quantitative estimate of drug-likeness (QED) is 0.150. The van der Waals surface area contributed by atoms with Gasteiger partial charge in [-0.2, -0.15) is 0 Å². The normalized spacial score (nSPS) is 32.3. The van der Waals surface area contributed by atoms with Crippen molar-refractivity contribution in [1.82, 2.24) is 15.1 Å². The molecule has 294 valence electrons. The van der Waals surface area contributed by atoms with Gasteiger partial charge in [0.25, 0.3) is 0 Å². The van der Waals surface area contributed by atoms with E-state index in [0.29, 0.717) is 47.6 Å². The maximum absolute atomic E-state index is 4.46. The smallest absolute Gasteiger partial charge is 0.0798 e. The molecule has 0 amide bonds. The Morgan fingerprint density at radius 2 is 1.78 bits per heavy atom. The first-order valence-corrected chi connectivity index (χ1v) is 25.1. The SMILES string of the molecule is C=C(/C=C\CCN(C)[C@H]1C2(C)C3=C(C(C)C(C4C=CC(C)=CC4)C=C3)C3C=C(CC(C)C)C([Si](C)(C)C)=CN3C12C)NC1=C(C(C)C)CCC=C1C(C)C. The molecule has 4 heteroatoms. The van der Waals surface area contributed by atoms with Gasteiger partial charge >= 0.3 is 0 Å². The minimum Gasteiger partial charge on any atom is -0.360 e. The number of hydrogen-bond donors (Lipinski definition) is 1. The lowest BCUT2D eigenvalue weighted by molar-refractivity contribution is 0.162. The van der Waals surface area contributed by atoms with Gasteiger partial charge in [0.1, 0.15) is 0 Å². The fourth-order valence-electron chi connectivity index (χ4n) is 11.3. The van der Waals surface area contributed by atoms with Crippen molar-refractivity contribution in [3.05, 3.63) is 117 Å². The van der Waals surface area contributed by atoms with Gasteiger partial charge in [0, 0.05) is 35.6 Å². The molecule has 0 aromatic heterocycles. The van der Waals surface area contributed by atoms with Gasteiger partial charge in [-0.05, 0) is 128 Å². The predicted molar refractivity (Wildman–Crippen MR) is 237 cm³/mol. The summed E-state index contributed by atoms with van der Waals surface area (Å²) in [6, 6.07) is 0.753. The molecule has 1 N–H and O–H groups in total. The number of allylic oxidation sites excluding steroid dienone is 12. The molecule has 3 nitrogen and oxygen atoms in total. The van der Waals surface area contributed by atoms with E-state index in [1.165, 1.54) is 28.8 Å². The number of fused-ring (bicyclic) bond motifs is 5. The molecule has 0 aromatic carbocycles. The van der Waals surface area contributed by atoms with Crippen LogP contribution >= 0.6 is 0 Å². The number of likely N-dealkylation sites (N-methyl/N-ethyl adjacent to an activating group) is 1. The number of nitrogens with zero attached hydrogens (tertiary/aromatic N) is 2. The Labute approximate surface area is 332 Å². The third-order valence-electron chi connectivity index (χ3n) is 14.2. The Bertz CT molecular complexity index is 1780. The van der Waals surface area contributed by atoms with E-state index >= 15 is 0 Å². The molecule has 54 heavy (non-hydrogen) atoms. The van der Waals surface area contributed by atoms with Crippen molar-refractivity contribution in [2.24, 2.45) is 40.9 Å². The first-order chi connectivity index (χ1) is 25.3. The van der Waals surface area contributed by atoms with E-state index in [4.69, 9.17) is 0 Å². The van der Waals surface area contributed by atoms with Crippen molar-refractivity contribution in [2.45, 2.75) is 139 Å². The molecule has 2 aliphatic heterocycles. The molecule has 2 heterocycles. The van der Waals surface area contributed by atoms with Crippen molar-refractivity contribution in [2.75, 3.05) is 13.6 Å². The second-order valence-corrected chi connectivity index (χ2v) is 25.3. The van der Waals surface area contributed by atoms with Crippen LogP contribution in [-0.4, -0.2) is 49.1 Å². The van der Waals surface area contributed by atoms with Crippen LogP contribution in [0, 0.1) is 40.9 Å². The van der Waals surface area contributed by atoms with E-state index in [2.05, 4.69) is 179 Å². The van der Waals surface area contributed by atoms with E-state index in [9.17, 15) is 0 Å². The molecule has 0 aromatic rings. The molecule has 6 aliphatic rings. The monoisotopic (exact) mass is 746 g/mol. The molecule has 0 spiro atoms. The summed E-state index contributed by atoms with van der Waals surface area (Å²) in [5.41, 5.74) is 11.7. The van der Waals surface area contributed by atoms with Crippen LogP contribution in [0.3, 0.4) is 0 Å². The Hall–Kier alpha value is -2.82. The summed E-state index contributed by atoms with van der Waals surface area (Å²) in [6.45, 7) is 37.2. The van der Waals surface area contributed by atoms with Crippen LogP contribution in [0.15, 0.2) is 117 Å². The van der Waals surface area contributed by atoms with Gasteiger partial charge in [0.2, 0.25) is 0 Å². The van der Waals surface area contributed by atoms with Crippen molar-refractivity contribution >= 4 is 8.07 Å². The van der Waals surface area contributed by atoms with Crippen molar-refractivity contribution in [3.63, 3.8) is 0 Å². The van der Waals surface area contributed by atoms with Gasteiger partial charge < -0.3 is 10.2 Å². The van der Waals surface area contributed by atoms with Gasteiger partial charge in [0.05, 0.1) is 19.7 Å². The van der Waals surface area contributed by atoms with Crippen LogP contribution in [0.2, 0.25) is 19.6 Å². The highest BCUT2D eigenvalue weighted by Crippen LogP contribution is 2.72. The summed E-state index contributed by atoms with van der Waals surface area (Å²) < 4.78 is 0. The van der Waals surface area contributed by atoms with Crippen LogP contribution < -0.4 is 5.32 Å². The third-order valence-corrected chi connectivity index (χ3v) is 16.3. The van der Waals surface area contributed by atoms with Crippen LogP contribution in [0.5, 0.6) is 0 Å². The minimum atomic E-state index is -1.60. The van der Waals surface area contributed by atoms with Crippen molar-refractivity contribution < 1.29 is 0 Å². The minimum absolute atomic E-state index is 0.0205. The maximum Gasteiger partial charge on any atom is 0.0798 e. The third kappa shape index (κ3) is 7.17. The van der Waals surface area contributed by atoms with Crippen molar-refractivity contribution in [1.29, 1.82) is 0 Å². The largest absolute Gasteiger partial charge is 0.360 e. The lowest BCUT2D eigenvalue weighted by Crippen LogP contribution is -2.53. The molecule has 1 saturated carbocycles. The fraction of sp³-hybridized carbons (Fsp3) is 0.600. The van der Waals surface area contributed by atoms with Gasteiger partial charge in [-0.3, -0.25) is 4.90 Å². The average Bonchev–Trinajstić information content (AvgIpc) is 3.62. The van der Waals surface area contributed by atoms with Crippen LogP contribution in [0.4, 0.5) is 0 Å². The number of nitrogens with one attached hydrogen (secondary N) is 1. The highest BCUT2D eigenvalue weighted by Gasteiger charge is 2.79. The summed E-state index contributed by atoms with van der Waals surface area (Å²) in [4.78, 5) is 5.59. The second kappa shape index (κ2) is 15.3. The molecule has 4 aliphatic carbocycles. The summed E-state index contributed by atoms with van der Waals surface area (Å²) in [5.74, 6) is 3.26. The first kappa shape index (κ1) is 40.8. The Balaban J connectivity index is 1.28. The molecule has 6 unspecified atom stereocenters. The standard InChI is InChI=1S/C50H75N3Si/c1-32(2)29-39-30-44-46-37(9)42(38-24-22-35(7)23-25-38)26-27-43(46)49(10)48(50(49,11)53(44)31-45(39)54(13,14)15)52(12)28-17-16-19-36(8)51-47-40(33(3)4)20-18-21-41(47)34(5)6/h16,19-20,22-24,26-27,30-34,37-38,42,44,48,51H,8,17-18,21,25,28-29H2,1-7,9-15H3/b19-16-/t37?,38?,42?,44?,48-,49?,50?/m0/s1. The highest BCUT2D eigenvalue weighted by atomic mass is 28.3. The topological polar surface area (TPSA) is 18.5 Å². The molecule has 0 bridgehead atoms. The molecule has 0 radical (unpaired) electrons. The zero-order valence-electron chi connectivity index (χ0n) is 36.7. The molecular formula is C50H75N3Si. The summed E-state index contributed by atoms with van der Waals surface area (Å²) in [7, 11) is 0.793. The molecule has 7 atom stereocenters. The van der Waals surface area contributed by atoms with Gasteiger partial charge in [-0.15, -0.1) is 0 Å². The number of rotatable bonds is 13. The predicted octanol–water partition coefficient (Wildman–Crippen LogP) is 12.5. The number of hydrogen-bond acceptors (Lipinski definition) is 3. The first-order valence-electron chi connectivity index (χ1n) is 21.6. The van der Waals surface area contributed by atoms with Gasteiger partial charge in [0.15, 0.2) is 0 Å². The maximum atomic E-state index is 4.46. The molecular weight excluding hydrogens is 671 g/mol. The van der Waals surface area contributed by atoms with Gasteiger partial charge in [-0.1, -0.05) is 136 Å². The average molecular weight is 746 g/mol. The highest BCUT2D eigenvalue weighted by molar-refractivity contribution is 6.84. The summed E-state index contributed by atoms with van der Waals surface area (Å²) in [5, 5.41) is 5.43. The fourth-order valence-corrected chi connectivity index (χ4v) is 13.0. The van der Waals surface area contributed by atoms with Gasteiger partial charge in [-0.25, -0.2) is 0 Å². The van der Waals surface area contributed by atoms with Crippen LogP contribution in [0.1, 0.15) is 101 Å². The Kier molecular flexibility index (Phi) is 11.5. The Morgan fingerprint density at radius 3 is 2.39 bits per heavy atom. The lowest BCUT2D eigenvalue weighted by atomic mass is 9.65. The summed E-state index contributed by atoms with van der Waals surface area (Å²) in [6.07, 6.45) is 30.6.